The minimum atomic E-state index is -0.523. The molecule has 1 aromatic carbocycles. The number of nitro groups is 1. The lowest BCUT2D eigenvalue weighted by atomic mass is 10.1. The van der Waals surface area contributed by atoms with Crippen LogP contribution in [-0.4, -0.2) is 21.9 Å². The number of carbonyl (C=O) groups is 1. The predicted molar refractivity (Wildman–Crippen MR) is 71.8 cm³/mol. The Morgan fingerprint density at radius 1 is 1.50 bits per heavy atom. The lowest BCUT2D eigenvalue weighted by Gasteiger charge is -2.03. The first-order valence-electron chi connectivity index (χ1n) is 5.41. The minimum Gasteiger partial charge on any atom is -0.287 e. The third kappa shape index (κ3) is 2.24. The van der Waals surface area contributed by atoms with Gasteiger partial charge in [-0.3, -0.25) is 19.5 Å². The number of benzene rings is 1. The van der Waals surface area contributed by atoms with Gasteiger partial charge in [-0.1, -0.05) is 18.2 Å². The molecule has 0 saturated heterocycles. The van der Waals surface area contributed by atoms with Gasteiger partial charge in [0.25, 0.3) is 0 Å². The van der Waals surface area contributed by atoms with E-state index in [4.69, 9.17) is 0 Å². The van der Waals surface area contributed by atoms with Gasteiger partial charge in [0, 0.05) is 23.4 Å². The lowest BCUT2D eigenvalue weighted by Crippen LogP contribution is -2.07. The van der Waals surface area contributed by atoms with E-state index in [1.54, 1.807) is 6.20 Å². The molecule has 0 spiro atoms. The number of thiol groups is 1. The molecule has 1 atom stereocenters. The second-order valence-electron chi connectivity index (χ2n) is 4.02. The Labute approximate surface area is 109 Å². The van der Waals surface area contributed by atoms with Crippen molar-refractivity contribution >= 4 is 29.4 Å². The van der Waals surface area contributed by atoms with Crippen LogP contribution in [0.2, 0.25) is 0 Å². The molecule has 1 heterocycles. The molecule has 1 unspecified atom stereocenters. The highest BCUT2D eigenvalue weighted by Crippen LogP contribution is 2.30. The summed E-state index contributed by atoms with van der Waals surface area (Å²) in [6, 6.07) is 7.32. The normalized spacial score (nSPS) is 12.6. The van der Waals surface area contributed by atoms with Crippen LogP contribution in [0.25, 0.3) is 10.9 Å². The van der Waals surface area contributed by atoms with Crippen LogP contribution in [-0.2, 0) is 0 Å². The van der Waals surface area contributed by atoms with E-state index in [0.29, 0.717) is 5.56 Å². The highest BCUT2D eigenvalue weighted by molar-refractivity contribution is 7.80. The van der Waals surface area contributed by atoms with Crippen LogP contribution in [0.15, 0.2) is 30.5 Å². The summed E-state index contributed by atoms with van der Waals surface area (Å²) in [6.45, 7) is 1.19. The van der Waals surface area contributed by atoms with E-state index in [0.717, 1.165) is 10.9 Å². The Morgan fingerprint density at radius 3 is 2.78 bits per heavy atom. The summed E-state index contributed by atoms with van der Waals surface area (Å²) in [5.41, 5.74) is 1.46. The van der Waals surface area contributed by atoms with Gasteiger partial charge >= 0.3 is 0 Å². The van der Waals surface area contributed by atoms with Gasteiger partial charge in [-0.05, 0) is 11.6 Å². The van der Waals surface area contributed by atoms with Crippen molar-refractivity contribution in [3.63, 3.8) is 0 Å². The summed E-state index contributed by atoms with van der Waals surface area (Å²) in [5.74, 6) is -0.126. The number of hydrogen-bond acceptors (Lipinski definition) is 4. The van der Waals surface area contributed by atoms with Gasteiger partial charge in [0.2, 0.25) is 12.5 Å². The molecule has 0 N–H and O–H groups in total. The number of para-hydroxylation sites is 1. The molecular formula is C12H12N2O3S. The second-order valence-corrected chi connectivity index (χ2v) is 4.65. The molecule has 6 heteroatoms. The first kappa shape index (κ1) is 12.6. The molecule has 2 aromatic rings. The van der Waals surface area contributed by atoms with E-state index < -0.39 is 10.2 Å². The van der Waals surface area contributed by atoms with E-state index in [-0.39, 0.29) is 12.5 Å². The van der Waals surface area contributed by atoms with Gasteiger partial charge in [0.05, 0.1) is 10.8 Å². The summed E-state index contributed by atoms with van der Waals surface area (Å²) in [7, 11) is 0. The molecular weight excluding hydrogens is 252 g/mol. The molecule has 0 aliphatic carbocycles. The van der Waals surface area contributed by atoms with Crippen LogP contribution in [0, 0.1) is 10.1 Å². The molecule has 94 valence electrons. The first-order chi connectivity index (χ1) is 8.50. The fraction of sp³-hybridized carbons (Fsp3) is 0.250. The third-order valence-electron chi connectivity index (χ3n) is 2.76. The fourth-order valence-electron chi connectivity index (χ4n) is 1.97. The number of fused-ring (bicyclic) bond motifs is 1. The molecule has 1 aromatic heterocycles. The molecule has 0 saturated carbocycles. The molecule has 0 fully saturated rings. The SMILES string of the molecule is CC(=O)n1cc(C(S)C[N+](=O)[O-])c2ccccc21. The molecule has 0 radical (unpaired) electrons. The number of hydrogen-bond donors (Lipinski definition) is 1. The predicted octanol–water partition coefficient (Wildman–Crippen LogP) is 2.55. The van der Waals surface area contributed by atoms with Gasteiger partial charge in [0.15, 0.2) is 0 Å². The van der Waals surface area contributed by atoms with Gasteiger partial charge in [-0.25, -0.2) is 0 Å². The number of rotatable bonds is 3. The summed E-state index contributed by atoms with van der Waals surface area (Å²) < 4.78 is 1.49. The third-order valence-corrected chi connectivity index (χ3v) is 3.20. The second kappa shape index (κ2) is 4.81. The van der Waals surface area contributed by atoms with Crippen LogP contribution in [0.5, 0.6) is 0 Å². The zero-order chi connectivity index (χ0) is 13.3. The van der Waals surface area contributed by atoms with Crippen molar-refractivity contribution in [3.05, 3.63) is 46.1 Å². The van der Waals surface area contributed by atoms with E-state index in [1.165, 1.54) is 11.5 Å². The van der Waals surface area contributed by atoms with Crippen LogP contribution in [0.4, 0.5) is 0 Å². The van der Waals surface area contributed by atoms with Crippen molar-refractivity contribution in [2.45, 2.75) is 12.2 Å². The van der Waals surface area contributed by atoms with Gasteiger partial charge < -0.3 is 0 Å². The number of carbonyl (C=O) groups excluding carboxylic acids is 1. The molecule has 0 aliphatic heterocycles. The zero-order valence-corrected chi connectivity index (χ0v) is 10.6. The van der Waals surface area contributed by atoms with Crippen molar-refractivity contribution in [1.29, 1.82) is 0 Å². The van der Waals surface area contributed by atoms with Gasteiger partial charge in [-0.15, -0.1) is 0 Å². The summed E-state index contributed by atoms with van der Waals surface area (Å²) >= 11 is 4.25. The van der Waals surface area contributed by atoms with Crippen molar-refractivity contribution in [2.24, 2.45) is 0 Å². The van der Waals surface area contributed by atoms with Crippen molar-refractivity contribution in [2.75, 3.05) is 6.54 Å². The maximum absolute atomic E-state index is 11.5. The smallest absolute Gasteiger partial charge is 0.227 e. The van der Waals surface area contributed by atoms with Gasteiger partial charge in [0.1, 0.15) is 0 Å². The lowest BCUT2D eigenvalue weighted by molar-refractivity contribution is -0.479. The van der Waals surface area contributed by atoms with Gasteiger partial charge in [-0.2, -0.15) is 12.6 Å². The van der Waals surface area contributed by atoms with Crippen LogP contribution >= 0.6 is 12.6 Å². The largest absolute Gasteiger partial charge is 0.287 e. The molecule has 0 bridgehead atoms. The van der Waals surface area contributed by atoms with Crippen LogP contribution in [0.1, 0.15) is 22.5 Å². The minimum absolute atomic E-state index is 0.126. The highest BCUT2D eigenvalue weighted by Gasteiger charge is 2.19. The van der Waals surface area contributed by atoms with Crippen molar-refractivity contribution < 1.29 is 9.72 Å². The Kier molecular flexibility index (Phi) is 3.38. The Balaban J connectivity index is 2.57. The molecule has 18 heavy (non-hydrogen) atoms. The Hall–Kier alpha value is -1.82. The molecule has 0 aliphatic rings. The average molecular weight is 264 g/mol. The topological polar surface area (TPSA) is 65.1 Å². The Bertz CT molecular complexity index is 621. The number of aromatic nitrogens is 1. The maximum Gasteiger partial charge on any atom is 0.227 e. The van der Waals surface area contributed by atoms with Crippen LogP contribution < -0.4 is 0 Å². The number of nitrogens with zero attached hydrogens (tertiary/aromatic N) is 2. The maximum atomic E-state index is 11.5. The first-order valence-corrected chi connectivity index (χ1v) is 5.93. The molecule has 0 amide bonds. The molecule has 2 rings (SSSR count). The fourth-order valence-corrected chi connectivity index (χ4v) is 2.31. The molecule has 5 nitrogen and oxygen atoms in total. The highest BCUT2D eigenvalue weighted by atomic mass is 32.1. The quantitative estimate of drug-likeness (QED) is 0.526. The zero-order valence-electron chi connectivity index (χ0n) is 9.74. The van der Waals surface area contributed by atoms with E-state index in [9.17, 15) is 14.9 Å². The average Bonchev–Trinajstić information content (AvgIpc) is 2.67. The van der Waals surface area contributed by atoms with Crippen molar-refractivity contribution in [3.8, 4) is 0 Å². The standard InChI is InChI=1S/C12H12N2O3S/c1-8(15)13-6-10(12(18)7-14(16)17)9-4-2-3-5-11(9)13/h2-6,12,18H,7H2,1H3. The monoisotopic (exact) mass is 264 g/mol. The Morgan fingerprint density at radius 2 is 2.17 bits per heavy atom. The van der Waals surface area contributed by atoms with E-state index >= 15 is 0 Å². The summed E-state index contributed by atoms with van der Waals surface area (Å²) in [6.07, 6.45) is 1.63. The summed E-state index contributed by atoms with van der Waals surface area (Å²) in [5, 5.41) is 10.8. The van der Waals surface area contributed by atoms with Crippen molar-refractivity contribution in [1.82, 2.24) is 4.57 Å². The summed E-state index contributed by atoms with van der Waals surface area (Å²) in [4.78, 5) is 21.7. The van der Waals surface area contributed by atoms with E-state index in [1.807, 2.05) is 24.3 Å². The van der Waals surface area contributed by atoms with E-state index in [2.05, 4.69) is 12.6 Å². The van der Waals surface area contributed by atoms with Crippen LogP contribution in [0.3, 0.4) is 0 Å².